The molecule has 1 heterocycles. The van der Waals surface area contributed by atoms with Crippen molar-refractivity contribution in [2.45, 2.75) is 0 Å². The lowest BCUT2D eigenvalue weighted by atomic mass is 10.2. The van der Waals surface area contributed by atoms with Crippen LogP contribution in [0.3, 0.4) is 0 Å². The molecule has 1 N–H and O–H groups in total. The lowest BCUT2D eigenvalue weighted by Crippen LogP contribution is -2.13. The Morgan fingerprint density at radius 2 is 1.88 bits per heavy atom. The van der Waals surface area contributed by atoms with Gasteiger partial charge in [-0.1, -0.05) is 6.07 Å². The van der Waals surface area contributed by atoms with E-state index in [0.29, 0.717) is 0 Å². The van der Waals surface area contributed by atoms with Crippen molar-refractivity contribution in [1.29, 1.82) is 0 Å². The van der Waals surface area contributed by atoms with Crippen LogP contribution >= 0.6 is 0 Å². The number of carbonyl (C=O) groups excluding carboxylic acids is 1. The number of anilines is 1. The minimum absolute atomic E-state index is 0.197. The number of furan rings is 1. The second kappa shape index (κ2) is 4.14. The summed E-state index contributed by atoms with van der Waals surface area (Å²) in [6, 6.07) is 4.74. The summed E-state index contributed by atoms with van der Waals surface area (Å²) in [7, 11) is 0. The molecule has 0 spiro atoms. The fourth-order valence-corrected chi connectivity index (χ4v) is 1.20. The Hall–Kier alpha value is -2.17. The number of hydrogen-bond acceptors (Lipinski definition) is 2. The molecule has 82 valence electrons. The molecule has 0 aliphatic rings. The van der Waals surface area contributed by atoms with Crippen LogP contribution in [0.4, 0.5) is 14.5 Å². The van der Waals surface area contributed by atoms with Crippen LogP contribution in [0, 0.1) is 11.6 Å². The average molecular weight is 223 g/mol. The van der Waals surface area contributed by atoms with Gasteiger partial charge in [0.05, 0.1) is 11.8 Å². The van der Waals surface area contributed by atoms with Gasteiger partial charge in [0, 0.05) is 0 Å². The molecular formula is C11H7F2NO2. The topological polar surface area (TPSA) is 42.2 Å². The van der Waals surface area contributed by atoms with Gasteiger partial charge >= 0.3 is 0 Å². The van der Waals surface area contributed by atoms with Crippen molar-refractivity contribution in [2.75, 3.05) is 5.32 Å². The van der Waals surface area contributed by atoms with Gasteiger partial charge in [0.2, 0.25) is 0 Å². The Labute approximate surface area is 89.7 Å². The first kappa shape index (κ1) is 10.4. The minimum Gasteiger partial charge on any atom is -0.472 e. The van der Waals surface area contributed by atoms with Crippen molar-refractivity contribution >= 4 is 11.6 Å². The second-order valence-corrected chi connectivity index (χ2v) is 3.06. The van der Waals surface area contributed by atoms with Crippen molar-refractivity contribution in [3.63, 3.8) is 0 Å². The van der Waals surface area contributed by atoms with Crippen LogP contribution < -0.4 is 5.32 Å². The van der Waals surface area contributed by atoms with Gasteiger partial charge in [0.15, 0.2) is 0 Å². The molecule has 5 heteroatoms. The van der Waals surface area contributed by atoms with Crippen LogP contribution in [-0.2, 0) is 0 Å². The molecule has 1 aromatic carbocycles. The summed E-state index contributed by atoms with van der Waals surface area (Å²) < 4.78 is 31.0. The molecule has 0 saturated heterocycles. The highest BCUT2D eigenvalue weighted by atomic mass is 19.1. The summed E-state index contributed by atoms with van der Waals surface area (Å²) in [6.07, 6.45) is 2.49. The standard InChI is InChI=1S/C11H7F2NO2/c12-8-2-1-3-9(13)10(8)14-11(15)7-4-5-16-6-7/h1-6H,(H,14,15). The minimum atomic E-state index is -0.822. The zero-order valence-corrected chi connectivity index (χ0v) is 8.04. The third kappa shape index (κ3) is 1.93. The molecule has 0 unspecified atom stereocenters. The molecule has 0 aliphatic heterocycles. The number of nitrogens with one attached hydrogen (secondary N) is 1. The first-order valence-electron chi connectivity index (χ1n) is 4.46. The van der Waals surface area contributed by atoms with E-state index in [1.54, 1.807) is 0 Å². The number of halogens is 2. The van der Waals surface area contributed by atoms with E-state index in [-0.39, 0.29) is 5.56 Å². The van der Waals surface area contributed by atoms with E-state index >= 15 is 0 Å². The van der Waals surface area contributed by atoms with Crippen molar-refractivity contribution in [1.82, 2.24) is 0 Å². The van der Waals surface area contributed by atoms with Crippen LogP contribution in [0.15, 0.2) is 41.2 Å². The van der Waals surface area contributed by atoms with E-state index in [9.17, 15) is 13.6 Å². The van der Waals surface area contributed by atoms with Gasteiger partial charge in [-0.25, -0.2) is 8.78 Å². The molecule has 3 nitrogen and oxygen atoms in total. The van der Waals surface area contributed by atoms with Crippen LogP contribution in [0.2, 0.25) is 0 Å². The van der Waals surface area contributed by atoms with E-state index < -0.39 is 23.2 Å². The molecular weight excluding hydrogens is 216 g/mol. The number of hydrogen-bond donors (Lipinski definition) is 1. The maximum absolute atomic E-state index is 13.2. The summed E-state index contributed by atoms with van der Waals surface area (Å²) in [6.45, 7) is 0. The average Bonchev–Trinajstić information content (AvgIpc) is 2.76. The fourth-order valence-electron chi connectivity index (χ4n) is 1.20. The van der Waals surface area contributed by atoms with Crippen molar-refractivity contribution in [2.24, 2.45) is 0 Å². The first-order valence-corrected chi connectivity index (χ1v) is 4.46. The predicted octanol–water partition coefficient (Wildman–Crippen LogP) is 2.81. The predicted molar refractivity (Wildman–Crippen MR) is 53.0 cm³/mol. The van der Waals surface area contributed by atoms with E-state index in [2.05, 4.69) is 9.73 Å². The number of rotatable bonds is 2. The zero-order valence-electron chi connectivity index (χ0n) is 8.04. The summed E-state index contributed by atoms with van der Waals surface area (Å²) in [4.78, 5) is 11.5. The SMILES string of the molecule is O=C(Nc1c(F)cccc1F)c1ccoc1. The summed E-state index contributed by atoms with van der Waals surface area (Å²) in [5, 5.41) is 2.13. The van der Waals surface area contributed by atoms with E-state index in [4.69, 9.17) is 0 Å². The van der Waals surface area contributed by atoms with Gasteiger partial charge in [-0.15, -0.1) is 0 Å². The lowest BCUT2D eigenvalue weighted by molar-refractivity contribution is 0.102. The van der Waals surface area contributed by atoms with E-state index in [1.807, 2.05) is 0 Å². The molecule has 0 aliphatic carbocycles. The largest absolute Gasteiger partial charge is 0.472 e. The fraction of sp³-hybridized carbons (Fsp3) is 0. The molecule has 0 radical (unpaired) electrons. The first-order chi connectivity index (χ1) is 7.68. The highest BCUT2D eigenvalue weighted by molar-refractivity contribution is 6.04. The van der Waals surface area contributed by atoms with Crippen molar-refractivity contribution in [3.05, 3.63) is 54.0 Å². The Morgan fingerprint density at radius 3 is 2.44 bits per heavy atom. The monoisotopic (exact) mass is 223 g/mol. The smallest absolute Gasteiger partial charge is 0.259 e. The van der Waals surface area contributed by atoms with Gasteiger partial charge < -0.3 is 9.73 Å². The quantitative estimate of drug-likeness (QED) is 0.850. The molecule has 0 atom stereocenters. The number of benzene rings is 1. The highest BCUT2D eigenvalue weighted by Gasteiger charge is 2.13. The number of para-hydroxylation sites is 1. The van der Waals surface area contributed by atoms with Gasteiger partial charge in [0.25, 0.3) is 5.91 Å². The maximum atomic E-state index is 13.2. The molecule has 0 fully saturated rings. The third-order valence-corrected chi connectivity index (χ3v) is 1.98. The molecule has 1 amide bonds. The van der Waals surface area contributed by atoms with E-state index in [0.717, 1.165) is 12.1 Å². The van der Waals surface area contributed by atoms with Crippen LogP contribution in [0.1, 0.15) is 10.4 Å². The number of carbonyl (C=O) groups is 1. The van der Waals surface area contributed by atoms with Crippen molar-refractivity contribution in [3.8, 4) is 0 Å². The van der Waals surface area contributed by atoms with Crippen LogP contribution in [0.5, 0.6) is 0 Å². The number of amides is 1. The lowest BCUT2D eigenvalue weighted by Gasteiger charge is -2.05. The van der Waals surface area contributed by atoms with Gasteiger partial charge in [-0.05, 0) is 18.2 Å². The summed E-state index contributed by atoms with van der Waals surface area (Å²) >= 11 is 0. The van der Waals surface area contributed by atoms with E-state index in [1.165, 1.54) is 24.7 Å². The normalized spacial score (nSPS) is 10.1. The highest BCUT2D eigenvalue weighted by Crippen LogP contribution is 2.18. The Morgan fingerprint density at radius 1 is 1.19 bits per heavy atom. The maximum Gasteiger partial charge on any atom is 0.259 e. The van der Waals surface area contributed by atoms with Crippen molar-refractivity contribution < 1.29 is 18.0 Å². The summed E-state index contributed by atoms with van der Waals surface area (Å²) in [5.74, 6) is -2.27. The molecule has 2 aromatic rings. The van der Waals surface area contributed by atoms with Crippen LogP contribution in [-0.4, -0.2) is 5.91 Å². The zero-order chi connectivity index (χ0) is 11.5. The van der Waals surface area contributed by atoms with Crippen LogP contribution in [0.25, 0.3) is 0 Å². The van der Waals surface area contributed by atoms with Gasteiger partial charge in [-0.2, -0.15) is 0 Å². The molecule has 1 aromatic heterocycles. The molecule has 0 saturated carbocycles. The van der Waals surface area contributed by atoms with Gasteiger partial charge in [0.1, 0.15) is 23.6 Å². The second-order valence-electron chi connectivity index (χ2n) is 3.06. The van der Waals surface area contributed by atoms with Gasteiger partial charge in [-0.3, -0.25) is 4.79 Å². The Balaban J connectivity index is 2.25. The molecule has 0 bridgehead atoms. The molecule has 16 heavy (non-hydrogen) atoms. The molecule has 2 rings (SSSR count). The Bertz CT molecular complexity index is 488. The summed E-state index contributed by atoms with van der Waals surface area (Å²) in [5.41, 5.74) is -0.267. The third-order valence-electron chi connectivity index (χ3n) is 1.98. The Kier molecular flexibility index (Phi) is 2.68.